The van der Waals surface area contributed by atoms with Gasteiger partial charge in [-0.25, -0.2) is 14.6 Å². The molecule has 0 saturated heterocycles. The molecule has 1 saturated carbocycles. The predicted octanol–water partition coefficient (Wildman–Crippen LogP) is 4.10. The number of aromatic nitrogens is 5. The van der Waals surface area contributed by atoms with E-state index in [2.05, 4.69) is 25.6 Å². The summed E-state index contributed by atoms with van der Waals surface area (Å²) in [6.07, 6.45) is 8.34. The standard InChI is InChI=1S/C24H24N8O.H3N/c25-20-8-4-3-7-17(20)19-13-15(9-10-18(19)23(26)33)28-24-27-12-11-21(29-24)22-14-32(31-30-22)16-5-1-2-6-16;/h3-4,7-14,16H,1-2,5-6,25H2,(H2,26,33)(H,27,28,29);1H3. The van der Waals surface area contributed by atoms with Crippen LogP contribution in [0.15, 0.2) is 60.9 Å². The molecular formula is C24H27N9O. The van der Waals surface area contributed by atoms with Crippen molar-refractivity contribution in [1.82, 2.24) is 31.1 Å². The van der Waals surface area contributed by atoms with Gasteiger partial charge in [0.1, 0.15) is 5.69 Å². The number of carbonyl (C=O) groups is 1. The Labute approximate surface area is 197 Å². The molecule has 10 heteroatoms. The zero-order valence-electron chi connectivity index (χ0n) is 18.7. The maximum atomic E-state index is 12.0. The minimum absolute atomic E-state index is 0. The van der Waals surface area contributed by atoms with Gasteiger partial charge >= 0.3 is 0 Å². The fraction of sp³-hybridized carbons (Fsp3) is 0.208. The number of para-hydroxylation sites is 1. The first kappa shape index (κ1) is 22.9. The summed E-state index contributed by atoms with van der Waals surface area (Å²) in [5.41, 5.74) is 16.1. The summed E-state index contributed by atoms with van der Waals surface area (Å²) in [4.78, 5) is 20.9. The number of hydrogen-bond donors (Lipinski definition) is 4. The molecule has 0 radical (unpaired) electrons. The van der Waals surface area contributed by atoms with Crippen molar-refractivity contribution in [2.24, 2.45) is 5.73 Å². The highest BCUT2D eigenvalue weighted by molar-refractivity contribution is 6.02. The lowest BCUT2D eigenvalue weighted by Gasteiger charge is -2.13. The van der Waals surface area contributed by atoms with Crippen molar-refractivity contribution in [3.63, 3.8) is 0 Å². The summed E-state index contributed by atoms with van der Waals surface area (Å²) < 4.78 is 1.94. The number of nitrogens with zero attached hydrogens (tertiary/aromatic N) is 5. The second kappa shape index (κ2) is 9.67. The number of rotatable bonds is 6. The van der Waals surface area contributed by atoms with Crippen molar-refractivity contribution < 1.29 is 4.79 Å². The van der Waals surface area contributed by atoms with Crippen molar-refractivity contribution in [3.8, 4) is 22.5 Å². The molecule has 2 heterocycles. The number of nitrogens with one attached hydrogen (secondary N) is 1. The molecule has 8 N–H and O–H groups in total. The average molecular weight is 458 g/mol. The van der Waals surface area contributed by atoms with Gasteiger partial charge in [0, 0.05) is 28.7 Å². The minimum Gasteiger partial charge on any atom is -0.398 e. The predicted molar refractivity (Wildman–Crippen MR) is 132 cm³/mol. The molecule has 2 aromatic carbocycles. The third-order valence-corrected chi connectivity index (χ3v) is 5.92. The molecule has 1 aliphatic rings. The van der Waals surface area contributed by atoms with Gasteiger partial charge in [0.05, 0.1) is 17.9 Å². The Balaban J connectivity index is 0.00000274. The number of nitrogen functional groups attached to an aromatic ring is 1. The van der Waals surface area contributed by atoms with E-state index < -0.39 is 5.91 Å². The largest absolute Gasteiger partial charge is 0.398 e. The molecule has 174 valence electrons. The van der Waals surface area contributed by atoms with Gasteiger partial charge in [0.2, 0.25) is 11.9 Å². The highest BCUT2D eigenvalue weighted by Crippen LogP contribution is 2.32. The normalized spacial score (nSPS) is 13.4. The first-order valence-electron chi connectivity index (χ1n) is 10.9. The van der Waals surface area contributed by atoms with Gasteiger partial charge in [0.15, 0.2) is 0 Å². The molecule has 0 unspecified atom stereocenters. The molecule has 4 aromatic rings. The number of hydrogen-bond acceptors (Lipinski definition) is 8. The van der Waals surface area contributed by atoms with Gasteiger partial charge in [-0.2, -0.15) is 0 Å². The number of benzene rings is 2. The van der Waals surface area contributed by atoms with E-state index in [1.54, 1.807) is 30.5 Å². The molecular weight excluding hydrogens is 430 g/mol. The summed E-state index contributed by atoms with van der Waals surface area (Å²) in [7, 11) is 0. The maximum absolute atomic E-state index is 12.0. The Morgan fingerprint density at radius 1 is 1.03 bits per heavy atom. The lowest BCUT2D eigenvalue weighted by Crippen LogP contribution is -2.13. The Kier molecular flexibility index (Phi) is 6.51. The molecule has 0 spiro atoms. The van der Waals surface area contributed by atoms with Crippen LogP contribution < -0.4 is 22.9 Å². The summed E-state index contributed by atoms with van der Waals surface area (Å²) in [6.45, 7) is 0. The lowest BCUT2D eigenvalue weighted by molar-refractivity contribution is 0.100. The van der Waals surface area contributed by atoms with Crippen LogP contribution in [-0.2, 0) is 0 Å². The van der Waals surface area contributed by atoms with E-state index in [1.165, 1.54) is 12.8 Å². The SMILES string of the molecule is N.NC(=O)c1ccc(Nc2nccc(-c3cn(C4CCCC4)nn3)n2)cc1-c1ccccc1N. The van der Waals surface area contributed by atoms with Gasteiger partial charge in [-0.3, -0.25) is 4.79 Å². The van der Waals surface area contributed by atoms with E-state index in [0.717, 1.165) is 18.4 Å². The van der Waals surface area contributed by atoms with E-state index in [1.807, 2.05) is 35.1 Å². The zero-order valence-corrected chi connectivity index (χ0v) is 18.7. The Hall–Kier alpha value is -4.31. The smallest absolute Gasteiger partial charge is 0.249 e. The molecule has 1 fully saturated rings. The first-order valence-corrected chi connectivity index (χ1v) is 10.9. The average Bonchev–Trinajstić information content (AvgIpc) is 3.52. The lowest BCUT2D eigenvalue weighted by atomic mass is 9.97. The van der Waals surface area contributed by atoms with E-state index >= 15 is 0 Å². The third kappa shape index (κ3) is 4.57. The quantitative estimate of drug-likeness (QED) is 0.313. The Bertz CT molecular complexity index is 1310. The molecule has 2 aromatic heterocycles. The van der Waals surface area contributed by atoms with E-state index in [4.69, 9.17) is 11.5 Å². The molecule has 0 atom stereocenters. The number of carbonyl (C=O) groups excluding carboxylic acids is 1. The van der Waals surface area contributed by atoms with Crippen LogP contribution in [0, 0.1) is 0 Å². The van der Waals surface area contributed by atoms with Crippen LogP contribution in [-0.4, -0.2) is 30.9 Å². The molecule has 0 bridgehead atoms. The second-order valence-corrected chi connectivity index (χ2v) is 8.12. The highest BCUT2D eigenvalue weighted by atomic mass is 16.1. The Morgan fingerprint density at radius 3 is 2.59 bits per heavy atom. The van der Waals surface area contributed by atoms with Crippen LogP contribution in [0.4, 0.5) is 17.3 Å². The van der Waals surface area contributed by atoms with Crippen LogP contribution >= 0.6 is 0 Å². The number of nitrogens with two attached hydrogens (primary N) is 2. The van der Waals surface area contributed by atoms with E-state index in [-0.39, 0.29) is 6.15 Å². The monoisotopic (exact) mass is 457 g/mol. The fourth-order valence-electron chi connectivity index (χ4n) is 4.23. The molecule has 1 aliphatic carbocycles. The molecule has 0 aliphatic heterocycles. The summed E-state index contributed by atoms with van der Waals surface area (Å²) >= 11 is 0. The van der Waals surface area contributed by atoms with Crippen LogP contribution in [0.5, 0.6) is 0 Å². The van der Waals surface area contributed by atoms with Crippen molar-refractivity contribution in [2.45, 2.75) is 31.7 Å². The van der Waals surface area contributed by atoms with Gasteiger partial charge in [-0.15, -0.1) is 5.10 Å². The van der Waals surface area contributed by atoms with E-state index in [9.17, 15) is 4.79 Å². The zero-order chi connectivity index (χ0) is 22.8. The minimum atomic E-state index is -0.525. The van der Waals surface area contributed by atoms with Crippen molar-refractivity contribution in [2.75, 3.05) is 11.1 Å². The van der Waals surface area contributed by atoms with Crippen molar-refractivity contribution in [3.05, 3.63) is 66.5 Å². The number of anilines is 3. The van der Waals surface area contributed by atoms with Gasteiger partial charge < -0.3 is 22.9 Å². The summed E-state index contributed by atoms with van der Waals surface area (Å²) in [5.74, 6) is -0.120. The fourth-order valence-corrected chi connectivity index (χ4v) is 4.23. The van der Waals surface area contributed by atoms with Crippen LogP contribution in [0.1, 0.15) is 42.1 Å². The van der Waals surface area contributed by atoms with Gasteiger partial charge in [-0.1, -0.05) is 36.3 Å². The highest BCUT2D eigenvalue weighted by Gasteiger charge is 2.19. The number of primary amides is 1. The van der Waals surface area contributed by atoms with Gasteiger partial charge in [-0.05, 0) is 48.7 Å². The topological polar surface area (TPSA) is 173 Å². The summed E-state index contributed by atoms with van der Waals surface area (Å²) in [5, 5.41) is 11.8. The third-order valence-electron chi connectivity index (χ3n) is 5.92. The Morgan fingerprint density at radius 2 is 1.82 bits per heavy atom. The number of amides is 1. The van der Waals surface area contributed by atoms with Crippen molar-refractivity contribution >= 4 is 23.2 Å². The molecule has 1 amide bonds. The van der Waals surface area contributed by atoms with Crippen LogP contribution in [0.2, 0.25) is 0 Å². The maximum Gasteiger partial charge on any atom is 0.249 e. The molecule has 34 heavy (non-hydrogen) atoms. The first-order chi connectivity index (χ1) is 16.1. The molecule has 10 nitrogen and oxygen atoms in total. The van der Waals surface area contributed by atoms with Crippen LogP contribution in [0.25, 0.3) is 22.5 Å². The van der Waals surface area contributed by atoms with E-state index in [0.29, 0.717) is 45.9 Å². The molecule has 5 rings (SSSR count). The van der Waals surface area contributed by atoms with Crippen LogP contribution in [0.3, 0.4) is 0 Å². The second-order valence-electron chi connectivity index (χ2n) is 8.12. The van der Waals surface area contributed by atoms with Gasteiger partial charge in [0.25, 0.3) is 0 Å². The summed E-state index contributed by atoms with van der Waals surface area (Å²) in [6, 6.07) is 14.8. The van der Waals surface area contributed by atoms with Crippen molar-refractivity contribution in [1.29, 1.82) is 0 Å².